The van der Waals surface area contributed by atoms with Crippen LogP contribution in [0.4, 0.5) is 0 Å². The van der Waals surface area contributed by atoms with E-state index < -0.39 is 0 Å². The normalized spacial score (nSPS) is 16.4. The molecule has 1 fully saturated rings. The van der Waals surface area contributed by atoms with Gasteiger partial charge < -0.3 is 4.74 Å². The standard InChI is InChI=1S/C10H11BrClNO/c11-8-4-7(5-12)10(13-6-8)14-9-2-1-3-9/h4,6,9H,1-3,5H2. The minimum Gasteiger partial charge on any atom is -0.474 e. The van der Waals surface area contributed by atoms with Gasteiger partial charge in [0.05, 0.1) is 5.88 Å². The first-order valence-corrected chi connectivity index (χ1v) is 5.99. The number of pyridine rings is 1. The number of hydrogen-bond acceptors (Lipinski definition) is 2. The molecule has 2 rings (SSSR count). The highest BCUT2D eigenvalue weighted by atomic mass is 79.9. The Morgan fingerprint density at radius 1 is 1.57 bits per heavy atom. The van der Waals surface area contributed by atoms with Crippen LogP contribution in [0.25, 0.3) is 0 Å². The van der Waals surface area contributed by atoms with E-state index in [2.05, 4.69) is 20.9 Å². The van der Waals surface area contributed by atoms with Crippen molar-refractivity contribution in [3.63, 3.8) is 0 Å². The fourth-order valence-electron chi connectivity index (χ4n) is 1.32. The maximum Gasteiger partial charge on any atom is 0.218 e. The molecule has 0 saturated heterocycles. The summed E-state index contributed by atoms with van der Waals surface area (Å²) in [6, 6.07) is 1.95. The number of ether oxygens (including phenoxy) is 1. The molecule has 0 amide bonds. The Kier molecular flexibility index (Phi) is 3.29. The fourth-order valence-corrected chi connectivity index (χ4v) is 1.89. The van der Waals surface area contributed by atoms with E-state index in [1.165, 1.54) is 6.42 Å². The molecule has 1 aliphatic rings. The number of rotatable bonds is 3. The van der Waals surface area contributed by atoms with Gasteiger partial charge in [-0.1, -0.05) is 0 Å². The Morgan fingerprint density at radius 3 is 2.93 bits per heavy atom. The summed E-state index contributed by atoms with van der Waals surface area (Å²) >= 11 is 9.17. The SMILES string of the molecule is ClCc1cc(Br)cnc1OC1CCC1. The zero-order chi connectivity index (χ0) is 9.97. The number of hydrogen-bond donors (Lipinski definition) is 0. The smallest absolute Gasteiger partial charge is 0.218 e. The zero-order valence-corrected chi connectivity index (χ0v) is 10.0. The lowest BCUT2D eigenvalue weighted by molar-refractivity contribution is 0.113. The van der Waals surface area contributed by atoms with Crippen molar-refractivity contribution in [1.29, 1.82) is 0 Å². The molecule has 0 aliphatic heterocycles. The second-order valence-electron chi connectivity index (χ2n) is 3.42. The molecule has 0 atom stereocenters. The number of aromatic nitrogens is 1. The molecule has 0 radical (unpaired) electrons. The monoisotopic (exact) mass is 275 g/mol. The van der Waals surface area contributed by atoms with Crippen molar-refractivity contribution < 1.29 is 4.74 Å². The first-order valence-electron chi connectivity index (χ1n) is 4.66. The van der Waals surface area contributed by atoms with Gasteiger partial charge in [0, 0.05) is 16.2 Å². The minimum absolute atomic E-state index is 0.352. The lowest BCUT2D eigenvalue weighted by Crippen LogP contribution is -2.25. The molecule has 0 unspecified atom stereocenters. The Balaban J connectivity index is 2.14. The topological polar surface area (TPSA) is 22.1 Å². The summed E-state index contributed by atoms with van der Waals surface area (Å²) in [5.74, 6) is 1.13. The van der Waals surface area contributed by atoms with Gasteiger partial charge in [-0.3, -0.25) is 0 Å². The lowest BCUT2D eigenvalue weighted by Gasteiger charge is -2.26. The second kappa shape index (κ2) is 4.49. The molecule has 1 saturated carbocycles. The summed E-state index contributed by atoms with van der Waals surface area (Å²) in [5, 5.41) is 0. The van der Waals surface area contributed by atoms with E-state index in [4.69, 9.17) is 16.3 Å². The van der Waals surface area contributed by atoms with Gasteiger partial charge in [-0.05, 0) is 41.3 Å². The second-order valence-corrected chi connectivity index (χ2v) is 4.61. The molecular formula is C10H11BrClNO. The molecule has 14 heavy (non-hydrogen) atoms. The molecule has 0 aromatic carbocycles. The highest BCUT2D eigenvalue weighted by Crippen LogP contribution is 2.28. The van der Waals surface area contributed by atoms with E-state index in [1.807, 2.05) is 6.07 Å². The summed E-state index contributed by atoms with van der Waals surface area (Å²) in [5.41, 5.74) is 0.952. The highest BCUT2D eigenvalue weighted by molar-refractivity contribution is 9.10. The molecule has 4 heteroatoms. The Bertz CT molecular complexity index is 328. The first-order chi connectivity index (χ1) is 6.79. The van der Waals surface area contributed by atoms with Gasteiger partial charge in [0.2, 0.25) is 5.88 Å². The van der Waals surface area contributed by atoms with Crippen LogP contribution >= 0.6 is 27.5 Å². The molecule has 0 spiro atoms. The molecule has 2 nitrogen and oxygen atoms in total. The first kappa shape index (κ1) is 10.2. The molecular weight excluding hydrogens is 265 g/mol. The van der Waals surface area contributed by atoms with Gasteiger partial charge in [-0.15, -0.1) is 11.6 Å². The minimum atomic E-state index is 0.352. The van der Waals surface area contributed by atoms with Crippen LogP contribution in [0, 0.1) is 0 Å². The summed E-state index contributed by atoms with van der Waals surface area (Å²) in [6.45, 7) is 0. The van der Waals surface area contributed by atoms with Gasteiger partial charge in [0.15, 0.2) is 0 Å². The van der Waals surface area contributed by atoms with Crippen LogP contribution in [0.15, 0.2) is 16.7 Å². The fraction of sp³-hybridized carbons (Fsp3) is 0.500. The van der Waals surface area contributed by atoms with Crippen LogP contribution in [0.2, 0.25) is 0 Å². The Labute approximate surface area is 96.8 Å². The third-order valence-corrected chi connectivity index (χ3v) is 3.09. The van der Waals surface area contributed by atoms with Crippen LogP contribution in [0.1, 0.15) is 24.8 Å². The Morgan fingerprint density at radius 2 is 2.36 bits per heavy atom. The number of nitrogens with zero attached hydrogens (tertiary/aromatic N) is 1. The summed E-state index contributed by atoms with van der Waals surface area (Å²) in [6.07, 6.45) is 5.63. The highest BCUT2D eigenvalue weighted by Gasteiger charge is 2.20. The van der Waals surface area contributed by atoms with Crippen LogP contribution < -0.4 is 4.74 Å². The van der Waals surface area contributed by atoms with Gasteiger partial charge >= 0.3 is 0 Å². The predicted molar refractivity (Wildman–Crippen MR) is 59.8 cm³/mol. The van der Waals surface area contributed by atoms with E-state index in [-0.39, 0.29) is 0 Å². The molecule has 1 aromatic heterocycles. The summed E-state index contributed by atoms with van der Waals surface area (Å²) < 4.78 is 6.65. The zero-order valence-electron chi connectivity index (χ0n) is 7.67. The summed E-state index contributed by atoms with van der Waals surface area (Å²) in [7, 11) is 0. The van der Waals surface area contributed by atoms with Crippen molar-refractivity contribution in [2.24, 2.45) is 0 Å². The van der Waals surface area contributed by atoms with E-state index in [9.17, 15) is 0 Å². The van der Waals surface area contributed by atoms with Crippen molar-refractivity contribution in [1.82, 2.24) is 4.98 Å². The molecule has 0 bridgehead atoms. The Hall–Kier alpha value is -0.280. The quantitative estimate of drug-likeness (QED) is 0.788. The molecule has 1 aliphatic carbocycles. The number of halogens is 2. The van der Waals surface area contributed by atoms with Crippen molar-refractivity contribution in [3.05, 3.63) is 22.3 Å². The molecule has 1 aromatic rings. The molecule has 76 valence electrons. The van der Waals surface area contributed by atoms with E-state index in [0.29, 0.717) is 17.9 Å². The number of alkyl halides is 1. The van der Waals surface area contributed by atoms with Gasteiger partial charge in [0.25, 0.3) is 0 Å². The lowest BCUT2D eigenvalue weighted by atomic mass is 9.96. The van der Waals surface area contributed by atoms with Gasteiger partial charge in [-0.25, -0.2) is 4.98 Å². The van der Waals surface area contributed by atoms with Crippen LogP contribution in [0.3, 0.4) is 0 Å². The average molecular weight is 277 g/mol. The van der Waals surface area contributed by atoms with E-state index >= 15 is 0 Å². The van der Waals surface area contributed by atoms with Crippen molar-refractivity contribution in [2.45, 2.75) is 31.2 Å². The van der Waals surface area contributed by atoms with Gasteiger partial charge in [-0.2, -0.15) is 0 Å². The van der Waals surface area contributed by atoms with Crippen molar-refractivity contribution in [2.75, 3.05) is 0 Å². The van der Waals surface area contributed by atoms with E-state index in [1.54, 1.807) is 6.20 Å². The maximum absolute atomic E-state index is 5.81. The van der Waals surface area contributed by atoms with Crippen molar-refractivity contribution in [3.8, 4) is 5.88 Å². The van der Waals surface area contributed by atoms with E-state index in [0.717, 1.165) is 22.9 Å². The van der Waals surface area contributed by atoms with Crippen LogP contribution in [-0.2, 0) is 5.88 Å². The molecule has 0 N–H and O–H groups in total. The van der Waals surface area contributed by atoms with Crippen LogP contribution in [0.5, 0.6) is 5.88 Å². The largest absolute Gasteiger partial charge is 0.474 e. The van der Waals surface area contributed by atoms with Gasteiger partial charge in [0.1, 0.15) is 6.10 Å². The predicted octanol–water partition coefficient (Wildman–Crippen LogP) is 3.51. The third-order valence-electron chi connectivity index (χ3n) is 2.37. The average Bonchev–Trinajstić information content (AvgIpc) is 2.13. The third kappa shape index (κ3) is 2.20. The molecule has 1 heterocycles. The van der Waals surface area contributed by atoms with Crippen LogP contribution in [-0.4, -0.2) is 11.1 Å². The summed E-state index contributed by atoms with van der Waals surface area (Å²) in [4.78, 5) is 4.22. The maximum atomic E-state index is 5.81. The van der Waals surface area contributed by atoms with Crippen molar-refractivity contribution >= 4 is 27.5 Å².